The van der Waals surface area contributed by atoms with Gasteiger partial charge < -0.3 is 0 Å². The maximum absolute atomic E-state index is 8.36. The van der Waals surface area contributed by atoms with Crippen LogP contribution in [-0.2, 0) is 6.42 Å². The number of hydrogen-bond acceptors (Lipinski definition) is 1. The predicted octanol–water partition coefficient (Wildman–Crippen LogP) is 3.36. The Morgan fingerprint density at radius 2 is 2.23 bits per heavy atom. The number of nitrogens with zero attached hydrogens (tertiary/aromatic N) is 3. The van der Waals surface area contributed by atoms with E-state index in [1.807, 2.05) is 12.1 Å². The highest BCUT2D eigenvalue weighted by molar-refractivity contribution is 9.09. The van der Waals surface area contributed by atoms with E-state index < -0.39 is 0 Å². The van der Waals surface area contributed by atoms with Crippen LogP contribution in [-0.4, -0.2) is 6.04 Å². The van der Waals surface area contributed by atoms with E-state index in [1.54, 1.807) is 0 Å². The van der Waals surface area contributed by atoms with Crippen LogP contribution in [0.5, 0.6) is 0 Å². The van der Waals surface area contributed by atoms with Crippen molar-refractivity contribution < 1.29 is 0 Å². The number of alkyl halides is 1. The van der Waals surface area contributed by atoms with Crippen LogP contribution in [0.15, 0.2) is 29.4 Å². The molecule has 0 radical (unpaired) electrons. The van der Waals surface area contributed by atoms with E-state index in [9.17, 15) is 0 Å². The molecule has 4 heteroatoms. The Morgan fingerprint density at radius 3 is 2.92 bits per heavy atom. The third kappa shape index (κ3) is 1.43. The smallest absolute Gasteiger partial charge is 0.0580 e. The molecular weight excluding hydrogens is 230 g/mol. The first-order valence-corrected chi connectivity index (χ1v) is 5.00. The molecule has 3 nitrogen and oxygen atoms in total. The summed E-state index contributed by atoms with van der Waals surface area (Å²) in [6.07, 6.45) is 0.843. The first kappa shape index (κ1) is 8.60. The fraction of sp³-hybridized carbons (Fsp3) is 0.333. The molecule has 0 heterocycles. The summed E-state index contributed by atoms with van der Waals surface area (Å²) in [5, 5.41) is 3.75. The largest absolute Gasteiger partial charge is 0.0888 e. The molecule has 1 aliphatic carbocycles. The van der Waals surface area contributed by atoms with E-state index in [-0.39, 0.29) is 10.9 Å². The van der Waals surface area contributed by atoms with Crippen molar-refractivity contribution in [3.05, 3.63) is 45.8 Å². The van der Waals surface area contributed by atoms with Crippen LogP contribution < -0.4 is 0 Å². The molecule has 0 aromatic heterocycles. The standard InChI is InChI=1S/C9H8BrN3/c10-9-7-4-2-1-3-6(7)5-8(9)12-13-11/h1-4,8-9H,5H2/t8-,9-/m0/s1. The SMILES string of the molecule is [N-]=[N+]=N[C@H]1Cc2ccccc2[C@@H]1Br. The summed E-state index contributed by atoms with van der Waals surface area (Å²) in [6, 6.07) is 8.20. The van der Waals surface area contributed by atoms with Crippen molar-refractivity contribution in [2.24, 2.45) is 5.11 Å². The highest BCUT2D eigenvalue weighted by atomic mass is 79.9. The van der Waals surface area contributed by atoms with Crippen molar-refractivity contribution in [1.29, 1.82) is 0 Å². The van der Waals surface area contributed by atoms with Gasteiger partial charge in [0.1, 0.15) is 0 Å². The zero-order valence-corrected chi connectivity index (χ0v) is 8.48. The highest BCUT2D eigenvalue weighted by Crippen LogP contribution is 2.39. The lowest BCUT2D eigenvalue weighted by molar-refractivity contribution is 0.709. The van der Waals surface area contributed by atoms with Crippen LogP contribution in [0.4, 0.5) is 0 Å². The van der Waals surface area contributed by atoms with Gasteiger partial charge in [-0.2, -0.15) is 0 Å². The molecule has 13 heavy (non-hydrogen) atoms. The Bertz CT molecular complexity index is 371. The molecule has 0 amide bonds. The van der Waals surface area contributed by atoms with Crippen LogP contribution in [0.3, 0.4) is 0 Å². The van der Waals surface area contributed by atoms with Crippen molar-refractivity contribution in [1.82, 2.24) is 0 Å². The summed E-state index contributed by atoms with van der Waals surface area (Å²) in [6.45, 7) is 0. The zero-order valence-electron chi connectivity index (χ0n) is 6.89. The van der Waals surface area contributed by atoms with Gasteiger partial charge >= 0.3 is 0 Å². The summed E-state index contributed by atoms with van der Waals surface area (Å²) < 4.78 is 0. The van der Waals surface area contributed by atoms with Gasteiger partial charge in [0, 0.05) is 9.74 Å². The number of rotatable bonds is 1. The molecule has 1 aromatic carbocycles. The van der Waals surface area contributed by atoms with Crippen molar-refractivity contribution in [2.45, 2.75) is 17.3 Å². The molecule has 2 rings (SSSR count). The molecular formula is C9H8BrN3. The molecule has 0 bridgehead atoms. The number of benzene rings is 1. The lowest BCUT2D eigenvalue weighted by atomic mass is 10.1. The zero-order chi connectivity index (χ0) is 9.26. The van der Waals surface area contributed by atoms with Crippen LogP contribution >= 0.6 is 15.9 Å². The number of azide groups is 1. The van der Waals surface area contributed by atoms with E-state index in [0.29, 0.717) is 0 Å². The van der Waals surface area contributed by atoms with Crippen molar-refractivity contribution >= 4 is 15.9 Å². The van der Waals surface area contributed by atoms with Gasteiger partial charge in [0.2, 0.25) is 0 Å². The minimum atomic E-state index is 0.0300. The lowest BCUT2D eigenvalue weighted by Crippen LogP contribution is -2.03. The predicted molar refractivity (Wildman–Crippen MR) is 54.7 cm³/mol. The number of hydrogen-bond donors (Lipinski definition) is 0. The van der Waals surface area contributed by atoms with Gasteiger partial charge in [-0.3, -0.25) is 0 Å². The summed E-state index contributed by atoms with van der Waals surface area (Å²) in [5.74, 6) is 0. The molecule has 0 unspecified atom stereocenters. The van der Waals surface area contributed by atoms with Crippen LogP contribution in [0.1, 0.15) is 16.0 Å². The third-order valence-electron chi connectivity index (χ3n) is 2.32. The average molecular weight is 238 g/mol. The molecule has 0 saturated heterocycles. The van der Waals surface area contributed by atoms with Crippen LogP contribution in [0, 0.1) is 0 Å². The van der Waals surface area contributed by atoms with Crippen molar-refractivity contribution in [3.63, 3.8) is 0 Å². The minimum Gasteiger partial charge on any atom is -0.0888 e. The normalized spacial score (nSPS) is 25.0. The summed E-state index contributed by atoms with van der Waals surface area (Å²) in [4.78, 5) is 3.03. The van der Waals surface area contributed by atoms with Gasteiger partial charge in [-0.25, -0.2) is 0 Å². The Balaban J connectivity index is 2.37. The average Bonchev–Trinajstić information content (AvgIpc) is 2.46. The van der Waals surface area contributed by atoms with Gasteiger partial charge in [-0.1, -0.05) is 45.3 Å². The minimum absolute atomic E-state index is 0.0300. The van der Waals surface area contributed by atoms with Crippen molar-refractivity contribution in [3.8, 4) is 0 Å². The highest BCUT2D eigenvalue weighted by Gasteiger charge is 2.28. The van der Waals surface area contributed by atoms with Gasteiger partial charge in [-0.05, 0) is 23.1 Å². The Kier molecular flexibility index (Phi) is 2.25. The lowest BCUT2D eigenvalue weighted by Gasteiger charge is -2.06. The van der Waals surface area contributed by atoms with E-state index >= 15 is 0 Å². The molecule has 0 spiro atoms. The monoisotopic (exact) mass is 237 g/mol. The van der Waals surface area contributed by atoms with E-state index in [2.05, 4.69) is 38.1 Å². The molecule has 66 valence electrons. The summed E-state index contributed by atoms with van der Waals surface area (Å²) in [5.41, 5.74) is 10.9. The maximum atomic E-state index is 8.36. The van der Waals surface area contributed by atoms with E-state index in [0.717, 1.165) is 6.42 Å². The second-order valence-electron chi connectivity index (χ2n) is 3.08. The summed E-state index contributed by atoms with van der Waals surface area (Å²) in [7, 11) is 0. The van der Waals surface area contributed by atoms with Gasteiger partial charge in [0.05, 0.1) is 6.04 Å². The van der Waals surface area contributed by atoms with Crippen molar-refractivity contribution in [2.75, 3.05) is 0 Å². The number of halogens is 1. The molecule has 0 N–H and O–H groups in total. The fourth-order valence-electron chi connectivity index (χ4n) is 1.69. The van der Waals surface area contributed by atoms with Crippen LogP contribution in [0.25, 0.3) is 10.4 Å². The molecule has 1 aliphatic rings. The topological polar surface area (TPSA) is 48.8 Å². The second kappa shape index (κ2) is 3.40. The molecule has 2 atom stereocenters. The molecule has 1 aromatic rings. The molecule has 0 saturated carbocycles. The number of fused-ring (bicyclic) bond motifs is 1. The van der Waals surface area contributed by atoms with E-state index in [1.165, 1.54) is 11.1 Å². The summed E-state index contributed by atoms with van der Waals surface area (Å²) >= 11 is 3.54. The van der Waals surface area contributed by atoms with Gasteiger partial charge in [0.25, 0.3) is 0 Å². The molecule has 0 fully saturated rings. The van der Waals surface area contributed by atoms with Crippen LogP contribution in [0.2, 0.25) is 0 Å². The first-order valence-electron chi connectivity index (χ1n) is 4.09. The first-order chi connectivity index (χ1) is 6.33. The van der Waals surface area contributed by atoms with Gasteiger partial charge in [0.15, 0.2) is 0 Å². The Hall–Kier alpha value is -0.990. The second-order valence-corrected chi connectivity index (χ2v) is 4.06. The third-order valence-corrected chi connectivity index (χ3v) is 3.42. The quantitative estimate of drug-likeness (QED) is 0.312. The van der Waals surface area contributed by atoms with Gasteiger partial charge in [-0.15, -0.1) is 0 Å². The Labute approximate surface area is 84.5 Å². The fourth-order valence-corrected chi connectivity index (χ4v) is 2.43. The maximum Gasteiger partial charge on any atom is 0.0580 e. The molecule has 0 aliphatic heterocycles. The van der Waals surface area contributed by atoms with E-state index in [4.69, 9.17) is 5.53 Å². The Morgan fingerprint density at radius 1 is 1.46 bits per heavy atom.